The van der Waals surface area contributed by atoms with Gasteiger partial charge in [0, 0.05) is 25.2 Å². The molecule has 0 saturated carbocycles. The highest BCUT2D eigenvalue weighted by Gasteiger charge is 2.27. The Morgan fingerprint density at radius 3 is 2.43 bits per heavy atom. The van der Waals surface area contributed by atoms with E-state index in [0.717, 1.165) is 0 Å². The maximum Gasteiger partial charge on any atom is 0.243 e. The minimum atomic E-state index is -3.61. The first-order valence-corrected chi connectivity index (χ1v) is 8.63. The van der Waals surface area contributed by atoms with Gasteiger partial charge in [-0.25, -0.2) is 12.8 Å². The molecule has 0 radical (unpaired) electrons. The lowest BCUT2D eigenvalue weighted by Crippen LogP contribution is -2.38. The molecule has 0 aliphatic rings. The van der Waals surface area contributed by atoms with E-state index >= 15 is 0 Å². The maximum atomic E-state index is 13.7. The number of benzene rings is 1. The molecule has 1 rings (SSSR count). The van der Waals surface area contributed by atoms with Crippen LogP contribution < -0.4 is 5.32 Å². The van der Waals surface area contributed by atoms with Crippen molar-refractivity contribution in [2.75, 3.05) is 13.6 Å². The Labute approximate surface area is 127 Å². The van der Waals surface area contributed by atoms with Gasteiger partial charge in [0.15, 0.2) is 0 Å². The first-order valence-electron chi connectivity index (χ1n) is 7.19. The van der Waals surface area contributed by atoms with Gasteiger partial charge >= 0.3 is 0 Å². The lowest BCUT2D eigenvalue weighted by molar-refractivity contribution is 0.315. The molecule has 0 saturated heterocycles. The van der Waals surface area contributed by atoms with E-state index in [0.29, 0.717) is 18.7 Å². The summed E-state index contributed by atoms with van der Waals surface area (Å²) in [6, 6.07) is 3.82. The van der Waals surface area contributed by atoms with Gasteiger partial charge in [0.1, 0.15) is 5.82 Å². The molecule has 1 atom stereocenters. The van der Waals surface area contributed by atoms with Crippen LogP contribution in [0.1, 0.15) is 33.3 Å². The third-order valence-electron chi connectivity index (χ3n) is 3.80. The van der Waals surface area contributed by atoms with Gasteiger partial charge in [-0.3, -0.25) is 0 Å². The first-order chi connectivity index (χ1) is 9.71. The number of hydrogen-bond donors (Lipinski definition) is 1. The number of nitrogens with zero attached hydrogens (tertiary/aromatic N) is 1. The SMILES string of the molecule is CCNCc1cc(S(=O)(=O)N(C)C(C)C(C)C)ccc1F. The van der Waals surface area contributed by atoms with Crippen LogP contribution in [0.15, 0.2) is 23.1 Å². The molecule has 4 nitrogen and oxygen atoms in total. The van der Waals surface area contributed by atoms with E-state index in [4.69, 9.17) is 0 Å². The summed E-state index contributed by atoms with van der Waals surface area (Å²) in [4.78, 5) is 0.131. The predicted molar refractivity (Wildman–Crippen MR) is 83.0 cm³/mol. The summed E-state index contributed by atoms with van der Waals surface area (Å²) < 4.78 is 40.3. The Balaban J connectivity index is 3.14. The lowest BCUT2D eigenvalue weighted by atomic mass is 10.1. The van der Waals surface area contributed by atoms with E-state index in [9.17, 15) is 12.8 Å². The van der Waals surface area contributed by atoms with Crippen LogP contribution in [-0.2, 0) is 16.6 Å². The molecule has 1 N–H and O–H groups in total. The fourth-order valence-corrected chi connectivity index (χ4v) is 3.46. The van der Waals surface area contributed by atoms with E-state index in [1.54, 1.807) is 7.05 Å². The summed E-state index contributed by atoms with van der Waals surface area (Å²) in [5.74, 6) is -0.194. The van der Waals surface area contributed by atoms with E-state index in [2.05, 4.69) is 5.32 Å². The van der Waals surface area contributed by atoms with Gasteiger partial charge in [-0.15, -0.1) is 0 Å². The molecule has 0 bridgehead atoms. The smallest absolute Gasteiger partial charge is 0.243 e. The van der Waals surface area contributed by atoms with E-state index in [1.807, 2.05) is 27.7 Å². The molecule has 0 aliphatic heterocycles. The zero-order chi connectivity index (χ0) is 16.2. The van der Waals surface area contributed by atoms with E-state index in [1.165, 1.54) is 22.5 Å². The third-order valence-corrected chi connectivity index (χ3v) is 5.74. The van der Waals surface area contributed by atoms with Crippen molar-refractivity contribution in [3.05, 3.63) is 29.6 Å². The Bertz CT molecular complexity index is 573. The Kier molecular flexibility index (Phi) is 6.31. The Morgan fingerprint density at radius 1 is 1.29 bits per heavy atom. The second-order valence-corrected chi connectivity index (χ2v) is 7.54. The number of rotatable bonds is 7. The normalized spacial score (nSPS) is 13.9. The van der Waals surface area contributed by atoms with Crippen LogP contribution in [0.5, 0.6) is 0 Å². The lowest BCUT2D eigenvalue weighted by Gasteiger charge is -2.27. The predicted octanol–water partition coefficient (Wildman–Crippen LogP) is 2.60. The monoisotopic (exact) mass is 316 g/mol. The summed E-state index contributed by atoms with van der Waals surface area (Å²) in [6.45, 7) is 8.73. The van der Waals surface area contributed by atoms with Gasteiger partial charge < -0.3 is 5.32 Å². The molecule has 1 aromatic carbocycles. The third kappa shape index (κ3) is 4.25. The van der Waals surface area contributed by atoms with Gasteiger partial charge in [0.05, 0.1) is 4.90 Å². The van der Waals surface area contributed by atoms with Gasteiger partial charge in [-0.1, -0.05) is 20.8 Å². The van der Waals surface area contributed by atoms with Gasteiger partial charge in [-0.05, 0) is 37.6 Å². The molecule has 0 aromatic heterocycles. The molecule has 21 heavy (non-hydrogen) atoms. The van der Waals surface area contributed by atoms with Crippen molar-refractivity contribution in [3.8, 4) is 0 Å². The second-order valence-electron chi connectivity index (χ2n) is 5.54. The molecular formula is C15H25FN2O2S. The van der Waals surface area contributed by atoms with Crippen LogP contribution in [0.4, 0.5) is 4.39 Å². The van der Waals surface area contributed by atoms with Crippen LogP contribution in [0.3, 0.4) is 0 Å². The van der Waals surface area contributed by atoms with Crippen LogP contribution in [0.2, 0.25) is 0 Å². The summed E-state index contributed by atoms with van der Waals surface area (Å²) in [7, 11) is -2.05. The number of sulfonamides is 1. The van der Waals surface area contributed by atoms with Gasteiger partial charge in [-0.2, -0.15) is 4.31 Å². The summed E-state index contributed by atoms with van der Waals surface area (Å²) in [6.07, 6.45) is 0. The van der Waals surface area contributed by atoms with Gasteiger partial charge in [0.2, 0.25) is 10.0 Å². The highest BCUT2D eigenvalue weighted by Crippen LogP contribution is 2.22. The second kappa shape index (κ2) is 7.33. The summed E-state index contributed by atoms with van der Waals surface area (Å²) in [5, 5.41) is 3.01. The van der Waals surface area contributed by atoms with Crippen molar-refractivity contribution in [3.63, 3.8) is 0 Å². The molecular weight excluding hydrogens is 291 g/mol. The molecule has 6 heteroatoms. The fraction of sp³-hybridized carbons (Fsp3) is 0.600. The van der Waals surface area contributed by atoms with Crippen molar-refractivity contribution < 1.29 is 12.8 Å². The largest absolute Gasteiger partial charge is 0.313 e. The highest BCUT2D eigenvalue weighted by molar-refractivity contribution is 7.89. The molecule has 1 unspecified atom stereocenters. The molecule has 0 amide bonds. The van der Waals surface area contributed by atoms with Crippen LogP contribution in [0, 0.1) is 11.7 Å². The van der Waals surface area contributed by atoms with E-state index < -0.39 is 15.8 Å². The summed E-state index contributed by atoms with van der Waals surface area (Å²) >= 11 is 0. The topological polar surface area (TPSA) is 49.4 Å². The average Bonchev–Trinajstić information content (AvgIpc) is 2.44. The molecule has 0 spiro atoms. The average molecular weight is 316 g/mol. The number of halogens is 1. The Hall–Kier alpha value is -0.980. The number of hydrogen-bond acceptors (Lipinski definition) is 3. The summed E-state index contributed by atoms with van der Waals surface area (Å²) in [5.41, 5.74) is 0.364. The van der Waals surface area contributed by atoms with Crippen molar-refractivity contribution in [1.29, 1.82) is 0 Å². The molecule has 0 aliphatic carbocycles. The maximum absolute atomic E-state index is 13.7. The fourth-order valence-electron chi connectivity index (χ4n) is 1.91. The van der Waals surface area contributed by atoms with Crippen LogP contribution in [-0.4, -0.2) is 32.4 Å². The molecule has 0 fully saturated rings. The van der Waals surface area contributed by atoms with Crippen molar-refractivity contribution >= 4 is 10.0 Å². The molecule has 0 heterocycles. The van der Waals surface area contributed by atoms with E-state index in [-0.39, 0.29) is 16.9 Å². The number of nitrogens with one attached hydrogen (secondary N) is 1. The molecule has 1 aromatic rings. The quantitative estimate of drug-likeness (QED) is 0.841. The van der Waals surface area contributed by atoms with Crippen LogP contribution >= 0.6 is 0 Å². The zero-order valence-corrected chi connectivity index (χ0v) is 14.2. The van der Waals surface area contributed by atoms with Crippen molar-refractivity contribution in [1.82, 2.24) is 9.62 Å². The zero-order valence-electron chi connectivity index (χ0n) is 13.4. The molecule has 120 valence electrons. The van der Waals surface area contributed by atoms with Crippen LogP contribution in [0.25, 0.3) is 0 Å². The highest BCUT2D eigenvalue weighted by atomic mass is 32.2. The van der Waals surface area contributed by atoms with Crippen molar-refractivity contribution in [2.45, 2.75) is 45.2 Å². The standard InChI is InChI=1S/C15H25FN2O2S/c1-6-17-10-13-9-14(7-8-15(13)16)21(19,20)18(5)12(4)11(2)3/h7-9,11-12,17H,6,10H2,1-5H3. The minimum absolute atomic E-state index is 0.128. The van der Waals surface area contributed by atoms with Gasteiger partial charge in [0.25, 0.3) is 0 Å². The Morgan fingerprint density at radius 2 is 1.90 bits per heavy atom. The van der Waals surface area contributed by atoms with Crippen molar-refractivity contribution in [2.24, 2.45) is 5.92 Å². The first kappa shape index (κ1) is 18.1. The minimum Gasteiger partial charge on any atom is -0.313 e.